The van der Waals surface area contributed by atoms with Gasteiger partial charge in [0.25, 0.3) is 0 Å². The molecular formula is C42H32N4. The average Bonchev–Trinajstić information content (AvgIpc) is 3.51. The quantitative estimate of drug-likeness (QED) is 0.147. The van der Waals surface area contributed by atoms with Crippen LogP contribution in [-0.4, -0.2) is 19.5 Å². The third-order valence-electron chi connectivity index (χ3n) is 8.20. The van der Waals surface area contributed by atoms with Crippen molar-refractivity contribution in [3.8, 4) is 22.6 Å². The van der Waals surface area contributed by atoms with Crippen LogP contribution in [0, 0.1) is 12.1 Å². The summed E-state index contributed by atoms with van der Waals surface area (Å²) in [6.45, 7) is 10.1. The van der Waals surface area contributed by atoms with Crippen LogP contribution >= 0.6 is 0 Å². The van der Waals surface area contributed by atoms with Crippen molar-refractivity contribution in [1.82, 2.24) is 19.5 Å². The monoisotopic (exact) mass is 592 g/mol. The van der Waals surface area contributed by atoms with E-state index in [4.69, 9.17) is 15.0 Å². The van der Waals surface area contributed by atoms with Crippen LogP contribution in [0.3, 0.4) is 0 Å². The van der Waals surface area contributed by atoms with E-state index < -0.39 is 0 Å². The largest absolute Gasteiger partial charge is 0.292 e. The second-order valence-corrected chi connectivity index (χ2v) is 10.7. The molecule has 0 aliphatic rings. The Kier molecular flexibility index (Phi) is 7.58. The Morgan fingerprint density at radius 2 is 1.59 bits per heavy atom. The van der Waals surface area contributed by atoms with Gasteiger partial charge in [0.2, 0.25) is 0 Å². The van der Waals surface area contributed by atoms with Crippen molar-refractivity contribution in [2.45, 2.75) is 20.8 Å². The summed E-state index contributed by atoms with van der Waals surface area (Å²) in [6.07, 6.45) is 9.81. The summed E-state index contributed by atoms with van der Waals surface area (Å²) in [5.74, 6) is 0.832. The number of hydrogen-bond donors (Lipinski definition) is 0. The van der Waals surface area contributed by atoms with E-state index in [9.17, 15) is 0 Å². The molecule has 0 bridgehead atoms. The molecule has 0 fully saturated rings. The maximum absolute atomic E-state index is 5.22. The average molecular weight is 593 g/mol. The molecule has 220 valence electrons. The summed E-state index contributed by atoms with van der Waals surface area (Å²) in [4.78, 5) is 15.3. The van der Waals surface area contributed by atoms with Gasteiger partial charge in [0.15, 0.2) is 0 Å². The van der Waals surface area contributed by atoms with Gasteiger partial charge in [-0.25, -0.2) is 9.97 Å². The van der Waals surface area contributed by atoms with Crippen LogP contribution in [0.2, 0.25) is 0 Å². The number of fused-ring (bicyclic) bond motifs is 7. The zero-order valence-electron chi connectivity index (χ0n) is 26.1. The van der Waals surface area contributed by atoms with Gasteiger partial charge in [-0.2, -0.15) is 0 Å². The Morgan fingerprint density at radius 3 is 2.46 bits per heavy atom. The number of pyridine rings is 2. The molecule has 0 saturated carbocycles. The number of rotatable bonds is 5. The zero-order valence-corrected chi connectivity index (χ0v) is 26.1. The number of para-hydroxylation sites is 2. The van der Waals surface area contributed by atoms with E-state index >= 15 is 0 Å². The smallest absolute Gasteiger partial charge is 0.146 e. The molecule has 0 unspecified atom stereocenters. The van der Waals surface area contributed by atoms with E-state index in [0.29, 0.717) is 0 Å². The Labute approximate surface area is 268 Å². The number of allylic oxidation sites excluding steroid dienone is 5. The van der Waals surface area contributed by atoms with Crippen molar-refractivity contribution in [3.05, 3.63) is 146 Å². The molecule has 46 heavy (non-hydrogen) atoms. The van der Waals surface area contributed by atoms with Crippen molar-refractivity contribution in [2.24, 2.45) is 0 Å². The summed E-state index contributed by atoms with van der Waals surface area (Å²) in [5.41, 5.74) is 7.46. The van der Waals surface area contributed by atoms with Crippen LogP contribution in [0.4, 0.5) is 0 Å². The molecule has 0 N–H and O–H groups in total. The highest BCUT2D eigenvalue weighted by molar-refractivity contribution is 6.23. The molecule has 4 heteroatoms. The Hall–Kier alpha value is -6.05. The molecule has 0 atom stereocenters. The predicted octanol–water partition coefficient (Wildman–Crippen LogP) is 11.0. The number of aromatic nitrogens is 4. The predicted molar refractivity (Wildman–Crippen MR) is 195 cm³/mol. The lowest BCUT2D eigenvalue weighted by molar-refractivity contribution is 1.15. The van der Waals surface area contributed by atoms with Crippen LogP contribution in [0.1, 0.15) is 20.8 Å². The number of imidazole rings is 1. The molecule has 0 amide bonds. The summed E-state index contributed by atoms with van der Waals surface area (Å²) >= 11 is 0. The second-order valence-electron chi connectivity index (χ2n) is 10.7. The van der Waals surface area contributed by atoms with Crippen LogP contribution in [0.15, 0.2) is 134 Å². The fourth-order valence-electron chi connectivity index (χ4n) is 6.25. The third kappa shape index (κ3) is 4.62. The van der Waals surface area contributed by atoms with E-state index in [2.05, 4.69) is 90.0 Å². The van der Waals surface area contributed by atoms with Gasteiger partial charge in [-0.15, -0.1) is 0 Å². The minimum atomic E-state index is 0.832. The van der Waals surface area contributed by atoms with Gasteiger partial charge in [-0.05, 0) is 72.3 Å². The molecule has 0 radical (unpaired) electrons. The first-order valence-corrected chi connectivity index (χ1v) is 15.6. The van der Waals surface area contributed by atoms with Crippen LogP contribution < -0.4 is 0 Å². The molecule has 0 aliphatic carbocycles. The standard InChI is InChI=1S/C40H26N4.C2H6/c1-3-5-14-27(4-2)44-36-20-11-10-19-35(36)43-40(44)30-23-24-33(38-29(30)17-12-25-41-38)39-32-22-21-26-13-6-7-15-28(26)37(32)31-16-8-9-18-34(31)42-39;1-2/h3-7,9-15,17-25H,2H2,1H3;1-2H3/b5-3-,27-14+;. The zero-order chi connectivity index (χ0) is 31.6. The molecular weight excluding hydrogens is 560 g/mol. The molecule has 0 saturated heterocycles. The minimum absolute atomic E-state index is 0.832. The highest BCUT2D eigenvalue weighted by Crippen LogP contribution is 2.41. The Balaban J connectivity index is 0.00000166. The number of hydrogen-bond acceptors (Lipinski definition) is 3. The first kappa shape index (κ1) is 28.7. The molecule has 0 aliphatic heterocycles. The van der Waals surface area contributed by atoms with Crippen molar-refractivity contribution in [3.63, 3.8) is 0 Å². The molecule has 3 aromatic heterocycles. The van der Waals surface area contributed by atoms with Crippen molar-refractivity contribution in [2.75, 3.05) is 0 Å². The molecule has 8 aromatic rings. The SMILES string of the molecule is C=C/C(=C\C=C/C)n1c(-c2ccc(-c3nc4ccc#cc4c4c3ccc3ccccc34)c3ncccc23)nc2ccccc21.CC. The van der Waals surface area contributed by atoms with E-state index in [-0.39, 0.29) is 0 Å². The van der Waals surface area contributed by atoms with E-state index in [1.807, 2.05) is 81.6 Å². The highest BCUT2D eigenvalue weighted by Gasteiger charge is 2.20. The summed E-state index contributed by atoms with van der Waals surface area (Å²) in [5, 5.41) is 6.50. The minimum Gasteiger partial charge on any atom is -0.292 e. The molecule has 8 rings (SSSR count). The van der Waals surface area contributed by atoms with Crippen molar-refractivity contribution in [1.29, 1.82) is 0 Å². The van der Waals surface area contributed by atoms with Crippen LogP contribution in [-0.2, 0) is 0 Å². The summed E-state index contributed by atoms with van der Waals surface area (Å²) in [7, 11) is 0. The fraction of sp³-hybridized carbons (Fsp3) is 0.0714. The van der Waals surface area contributed by atoms with Crippen LogP contribution in [0.25, 0.3) is 82.7 Å². The Bertz CT molecular complexity index is 2460. The summed E-state index contributed by atoms with van der Waals surface area (Å²) in [6, 6.07) is 39.8. The fourth-order valence-corrected chi connectivity index (χ4v) is 6.25. The normalized spacial score (nSPS) is 11.8. The van der Waals surface area contributed by atoms with E-state index in [1.54, 1.807) is 0 Å². The maximum atomic E-state index is 5.22. The lowest BCUT2D eigenvalue weighted by atomic mass is 9.94. The lowest BCUT2D eigenvalue weighted by Gasteiger charge is -2.15. The van der Waals surface area contributed by atoms with Crippen LogP contribution in [0.5, 0.6) is 0 Å². The maximum Gasteiger partial charge on any atom is 0.146 e. The van der Waals surface area contributed by atoms with E-state index in [1.165, 1.54) is 10.8 Å². The molecule has 5 aromatic carbocycles. The van der Waals surface area contributed by atoms with Gasteiger partial charge in [0.05, 0.1) is 33.1 Å². The van der Waals surface area contributed by atoms with Gasteiger partial charge < -0.3 is 0 Å². The number of benzene rings is 4. The van der Waals surface area contributed by atoms with Gasteiger partial charge >= 0.3 is 0 Å². The van der Waals surface area contributed by atoms with Crippen molar-refractivity contribution >= 4 is 60.1 Å². The van der Waals surface area contributed by atoms with E-state index in [0.717, 1.165) is 72.0 Å². The molecule has 3 heterocycles. The second kappa shape index (κ2) is 12.1. The lowest BCUT2D eigenvalue weighted by Crippen LogP contribution is -2.00. The van der Waals surface area contributed by atoms with Crippen molar-refractivity contribution < 1.29 is 0 Å². The topological polar surface area (TPSA) is 43.6 Å². The molecule has 4 nitrogen and oxygen atoms in total. The first-order valence-electron chi connectivity index (χ1n) is 15.6. The third-order valence-corrected chi connectivity index (χ3v) is 8.20. The number of nitrogens with zero attached hydrogens (tertiary/aromatic N) is 4. The molecule has 0 spiro atoms. The van der Waals surface area contributed by atoms with Gasteiger partial charge in [-0.3, -0.25) is 9.55 Å². The Morgan fingerprint density at radius 1 is 0.783 bits per heavy atom. The van der Waals surface area contributed by atoms with Gasteiger partial charge in [0, 0.05) is 39.2 Å². The summed E-state index contributed by atoms with van der Waals surface area (Å²) < 4.78 is 2.17. The van der Waals surface area contributed by atoms with Gasteiger partial charge in [0.1, 0.15) is 5.82 Å². The first-order chi connectivity index (χ1) is 22.8. The van der Waals surface area contributed by atoms with Gasteiger partial charge in [-0.1, -0.05) is 99.3 Å². The highest BCUT2D eigenvalue weighted by atomic mass is 15.1.